The van der Waals surface area contributed by atoms with Crippen molar-refractivity contribution in [2.45, 2.75) is 13.0 Å². The average Bonchev–Trinajstić information content (AvgIpc) is 2.48. The lowest BCUT2D eigenvalue weighted by atomic mass is 10.1. The third-order valence-corrected chi connectivity index (χ3v) is 3.78. The van der Waals surface area contributed by atoms with Gasteiger partial charge in [0, 0.05) is 10.5 Å². The lowest BCUT2D eigenvalue weighted by Gasteiger charge is -2.14. The molecule has 1 amide bonds. The van der Waals surface area contributed by atoms with Gasteiger partial charge in [-0.25, -0.2) is 4.39 Å². The van der Waals surface area contributed by atoms with E-state index in [-0.39, 0.29) is 24.3 Å². The summed E-state index contributed by atoms with van der Waals surface area (Å²) in [5, 5.41) is 5.93. The molecule has 3 nitrogen and oxygen atoms in total. The maximum absolute atomic E-state index is 12.9. The summed E-state index contributed by atoms with van der Waals surface area (Å²) in [6.07, 6.45) is 0. The summed E-state index contributed by atoms with van der Waals surface area (Å²) < 4.78 is 13.7. The van der Waals surface area contributed by atoms with E-state index in [0.29, 0.717) is 0 Å². The molecule has 0 spiro atoms. The molecule has 0 aliphatic heterocycles. The highest BCUT2D eigenvalue weighted by molar-refractivity contribution is 9.10. The molecular formula is C16H16BrFN2O. The van der Waals surface area contributed by atoms with Gasteiger partial charge in [-0.3, -0.25) is 4.79 Å². The summed E-state index contributed by atoms with van der Waals surface area (Å²) >= 11 is 3.38. The maximum atomic E-state index is 12.9. The van der Waals surface area contributed by atoms with Crippen LogP contribution in [0.5, 0.6) is 0 Å². The molecule has 5 heteroatoms. The van der Waals surface area contributed by atoms with Crippen LogP contribution < -0.4 is 10.6 Å². The van der Waals surface area contributed by atoms with Crippen LogP contribution in [0, 0.1) is 5.82 Å². The molecule has 0 aliphatic rings. The molecule has 0 bridgehead atoms. The number of amides is 1. The summed E-state index contributed by atoms with van der Waals surface area (Å²) in [7, 11) is 0. The van der Waals surface area contributed by atoms with Crippen LogP contribution in [0.1, 0.15) is 18.5 Å². The zero-order valence-electron chi connectivity index (χ0n) is 11.6. The van der Waals surface area contributed by atoms with Gasteiger partial charge in [0.25, 0.3) is 0 Å². The second-order valence-corrected chi connectivity index (χ2v) is 5.54. The number of anilines is 1. The summed E-state index contributed by atoms with van der Waals surface area (Å²) in [6, 6.07) is 13.6. The number of hydrogen-bond donors (Lipinski definition) is 2. The Morgan fingerprint density at radius 3 is 2.52 bits per heavy atom. The van der Waals surface area contributed by atoms with E-state index in [9.17, 15) is 9.18 Å². The molecule has 2 aromatic rings. The van der Waals surface area contributed by atoms with Gasteiger partial charge >= 0.3 is 0 Å². The number of para-hydroxylation sites is 1. The fourth-order valence-electron chi connectivity index (χ4n) is 1.87. The molecule has 2 aromatic carbocycles. The van der Waals surface area contributed by atoms with Crippen LogP contribution >= 0.6 is 15.9 Å². The number of hydrogen-bond acceptors (Lipinski definition) is 2. The first-order valence-electron chi connectivity index (χ1n) is 6.59. The molecule has 21 heavy (non-hydrogen) atoms. The van der Waals surface area contributed by atoms with E-state index >= 15 is 0 Å². The number of halogens is 2. The van der Waals surface area contributed by atoms with Crippen LogP contribution in [0.25, 0.3) is 0 Å². The Labute approximate surface area is 131 Å². The Hall–Kier alpha value is -1.72. The van der Waals surface area contributed by atoms with E-state index in [1.54, 1.807) is 12.1 Å². The molecule has 0 aromatic heterocycles. The van der Waals surface area contributed by atoms with Crippen LogP contribution in [0.2, 0.25) is 0 Å². The maximum Gasteiger partial charge on any atom is 0.238 e. The standard InChI is InChI=1S/C16H16BrFN2O/c1-11(12-6-8-13(18)9-7-12)19-10-16(21)20-15-5-3-2-4-14(15)17/h2-9,11,19H,10H2,1H3,(H,20,21)/t11-/m0/s1. The van der Waals surface area contributed by atoms with E-state index in [4.69, 9.17) is 0 Å². The van der Waals surface area contributed by atoms with E-state index in [1.807, 2.05) is 31.2 Å². The van der Waals surface area contributed by atoms with Crippen LogP contribution in [0.15, 0.2) is 53.0 Å². The third-order valence-electron chi connectivity index (χ3n) is 3.09. The second-order valence-electron chi connectivity index (χ2n) is 4.68. The first kappa shape index (κ1) is 15.7. The molecule has 2 N–H and O–H groups in total. The van der Waals surface area contributed by atoms with Crippen molar-refractivity contribution in [3.63, 3.8) is 0 Å². The van der Waals surface area contributed by atoms with Crippen molar-refractivity contribution in [3.8, 4) is 0 Å². The van der Waals surface area contributed by atoms with Crippen LogP contribution in [0.3, 0.4) is 0 Å². The number of benzene rings is 2. The largest absolute Gasteiger partial charge is 0.324 e. The van der Waals surface area contributed by atoms with Crippen molar-refractivity contribution in [1.82, 2.24) is 5.32 Å². The molecule has 0 unspecified atom stereocenters. The first-order chi connectivity index (χ1) is 10.1. The Morgan fingerprint density at radius 2 is 1.86 bits per heavy atom. The van der Waals surface area contributed by atoms with Gasteiger partial charge in [0.2, 0.25) is 5.91 Å². The van der Waals surface area contributed by atoms with Gasteiger partial charge in [-0.15, -0.1) is 0 Å². The quantitative estimate of drug-likeness (QED) is 0.859. The number of rotatable bonds is 5. The molecule has 1 atom stereocenters. The minimum absolute atomic E-state index is 0.0319. The summed E-state index contributed by atoms with van der Waals surface area (Å²) in [5.41, 5.74) is 1.67. The smallest absolute Gasteiger partial charge is 0.238 e. The second kappa shape index (κ2) is 7.33. The molecule has 110 valence electrons. The Balaban J connectivity index is 1.86. The van der Waals surface area contributed by atoms with Crippen molar-refractivity contribution in [2.24, 2.45) is 0 Å². The fourth-order valence-corrected chi connectivity index (χ4v) is 2.26. The van der Waals surface area contributed by atoms with Crippen molar-refractivity contribution in [3.05, 3.63) is 64.4 Å². The summed E-state index contributed by atoms with van der Waals surface area (Å²) in [4.78, 5) is 11.9. The van der Waals surface area contributed by atoms with Gasteiger partial charge < -0.3 is 10.6 Å². The Morgan fingerprint density at radius 1 is 1.19 bits per heavy atom. The lowest BCUT2D eigenvalue weighted by Crippen LogP contribution is -2.30. The molecule has 0 aliphatic carbocycles. The van der Waals surface area contributed by atoms with E-state index in [0.717, 1.165) is 15.7 Å². The van der Waals surface area contributed by atoms with Gasteiger partial charge in [-0.1, -0.05) is 24.3 Å². The zero-order valence-corrected chi connectivity index (χ0v) is 13.2. The number of carbonyl (C=O) groups is 1. The normalized spacial score (nSPS) is 12.0. The summed E-state index contributed by atoms with van der Waals surface area (Å²) in [6.45, 7) is 2.11. The van der Waals surface area contributed by atoms with Gasteiger partial charge in [-0.05, 0) is 52.7 Å². The highest BCUT2D eigenvalue weighted by Gasteiger charge is 2.09. The van der Waals surface area contributed by atoms with Gasteiger partial charge in [-0.2, -0.15) is 0 Å². The van der Waals surface area contributed by atoms with Crippen LogP contribution in [-0.2, 0) is 4.79 Å². The minimum Gasteiger partial charge on any atom is -0.324 e. The molecular weight excluding hydrogens is 335 g/mol. The Bertz CT molecular complexity index is 616. The van der Waals surface area contributed by atoms with Crippen molar-refractivity contribution >= 4 is 27.5 Å². The van der Waals surface area contributed by atoms with Crippen LogP contribution in [-0.4, -0.2) is 12.5 Å². The van der Waals surface area contributed by atoms with E-state index < -0.39 is 0 Å². The first-order valence-corrected chi connectivity index (χ1v) is 7.39. The van der Waals surface area contributed by atoms with Gasteiger partial charge in [0.1, 0.15) is 5.82 Å². The molecule has 0 saturated heterocycles. The van der Waals surface area contributed by atoms with Gasteiger partial charge in [0.15, 0.2) is 0 Å². The Kier molecular flexibility index (Phi) is 5.47. The lowest BCUT2D eigenvalue weighted by molar-refractivity contribution is -0.115. The molecule has 0 heterocycles. The van der Waals surface area contributed by atoms with E-state index in [1.165, 1.54) is 12.1 Å². The van der Waals surface area contributed by atoms with Crippen molar-refractivity contribution in [1.29, 1.82) is 0 Å². The topological polar surface area (TPSA) is 41.1 Å². The van der Waals surface area contributed by atoms with Crippen molar-refractivity contribution in [2.75, 3.05) is 11.9 Å². The van der Waals surface area contributed by atoms with Crippen LogP contribution in [0.4, 0.5) is 10.1 Å². The molecule has 0 fully saturated rings. The monoisotopic (exact) mass is 350 g/mol. The highest BCUT2D eigenvalue weighted by atomic mass is 79.9. The minimum atomic E-state index is -0.266. The van der Waals surface area contributed by atoms with Crippen molar-refractivity contribution < 1.29 is 9.18 Å². The number of carbonyl (C=O) groups excluding carboxylic acids is 1. The van der Waals surface area contributed by atoms with E-state index in [2.05, 4.69) is 26.6 Å². The fraction of sp³-hybridized carbons (Fsp3) is 0.188. The molecule has 0 saturated carbocycles. The molecule has 2 rings (SSSR count). The SMILES string of the molecule is C[C@H](NCC(=O)Nc1ccccc1Br)c1ccc(F)cc1. The average molecular weight is 351 g/mol. The third kappa shape index (κ3) is 4.65. The number of nitrogens with one attached hydrogen (secondary N) is 2. The highest BCUT2D eigenvalue weighted by Crippen LogP contribution is 2.21. The zero-order chi connectivity index (χ0) is 15.2. The molecule has 0 radical (unpaired) electrons. The summed E-state index contributed by atoms with van der Waals surface area (Å²) in [5.74, 6) is -0.395. The predicted octanol–water partition coefficient (Wildman–Crippen LogP) is 3.88. The predicted molar refractivity (Wildman–Crippen MR) is 85.6 cm³/mol. The van der Waals surface area contributed by atoms with Gasteiger partial charge in [0.05, 0.1) is 12.2 Å².